The SMILES string of the molecule is CNCc1cc2nccn2[nH]1. The molecule has 0 saturated carbocycles. The summed E-state index contributed by atoms with van der Waals surface area (Å²) < 4.78 is 1.90. The monoisotopic (exact) mass is 150 g/mol. The van der Waals surface area contributed by atoms with Crippen molar-refractivity contribution in [3.63, 3.8) is 0 Å². The van der Waals surface area contributed by atoms with Crippen LogP contribution in [0, 0.1) is 0 Å². The second kappa shape index (κ2) is 2.39. The summed E-state index contributed by atoms with van der Waals surface area (Å²) in [6, 6.07) is 2.02. The molecule has 0 aliphatic heterocycles. The highest BCUT2D eigenvalue weighted by Gasteiger charge is 1.97. The molecule has 0 spiro atoms. The van der Waals surface area contributed by atoms with E-state index in [1.807, 2.05) is 23.8 Å². The van der Waals surface area contributed by atoms with E-state index in [0.29, 0.717) is 0 Å². The minimum atomic E-state index is 0.851. The van der Waals surface area contributed by atoms with Gasteiger partial charge in [0.1, 0.15) is 0 Å². The highest BCUT2D eigenvalue weighted by Crippen LogP contribution is 2.02. The van der Waals surface area contributed by atoms with Gasteiger partial charge in [0.2, 0.25) is 0 Å². The van der Waals surface area contributed by atoms with Gasteiger partial charge in [-0.3, -0.25) is 5.10 Å². The summed E-state index contributed by atoms with van der Waals surface area (Å²) in [6.45, 7) is 0.851. The number of nitrogens with one attached hydrogen (secondary N) is 2. The molecular formula is C7H10N4. The quantitative estimate of drug-likeness (QED) is 0.650. The number of H-pyrrole nitrogens is 1. The van der Waals surface area contributed by atoms with Crippen molar-refractivity contribution in [2.24, 2.45) is 0 Å². The van der Waals surface area contributed by atoms with E-state index in [-0.39, 0.29) is 0 Å². The molecular weight excluding hydrogens is 140 g/mol. The minimum absolute atomic E-state index is 0.851. The Kier molecular flexibility index (Phi) is 1.40. The standard InChI is InChI=1S/C7H10N4/c1-8-5-6-4-7-9-2-3-11(7)10-6/h2-4,8,10H,5H2,1H3. The number of aromatic amines is 1. The van der Waals surface area contributed by atoms with Crippen LogP contribution in [-0.4, -0.2) is 21.6 Å². The van der Waals surface area contributed by atoms with Gasteiger partial charge in [0.25, 0.3) is 0 Å². The molecule has 0 bridgehead atoms. The fourth-order valence-electron chi connectivity index (χ4n) is 1.14. The Bertz CT molecular complexity index is 317. The number of hydrogen-bond acceptors (Lipinski definition) is 2. The summed E-state index contributed by atoms with van der Waals surface area (Å²) in [5.74, 6) is 0. The van der Waals surface area contributed by atoms with Gasteiger partial charge in [0, 0.05) is 30.7 Å². The fourth-order valence-corrected chi connectivity index (χ4v) is 1.14. The van der Waals surface area contributed by atoms with Crippen molar-refractivity contribution in [3.05, 3.63) is 24.2 Å². The number of imidazole rings is 1. The third kappa shape index (κ3) is 1.01. The molecule has 4 nitrogen and oxygen atoms in total. The van der Waals surface area contributed by atoms with Crippen molar-refractivity contribution >= 4 is 5.65 Å². The van der Waals surface area contributed by atoms with E-state index in [1.54, 1.807) is 6.20 Å². The first-order chi connectivity index (χ1) is 5.40. The van der Waals surface area contributed by atoms with Crippen LogP contribution < -0.4 is 5.32 Å². The van der Waals surface area contributed by atoms with Crippen LogP contribution in [0.4, 0.5) is 0 Å². The van der Waals surface area contributed by atoms with Gasteiger partial charge in [-0.05, 0) is 7.05 Å². The lowest BCUT2D eigenvalue weighted by molar-refractivity contribution is 0.771. The second-order valence-corrected chi connectivity index (χ2v) is 2.47. The first-order valence-corrected chi connectivity index (χ1v) is 3.56. The van der Waals surface area contributed by atoms with Gasteiger partial charge in [0.15, 0.2) is 5.65 Å². The molecule has 0 saturated heterocycles. The van der Waals surface area contributed by atoms with E-state index >= 15 is 0 Å². The second-order valence-electron chi connectivity index (χ2n) is 2.47. The number of fused-ring (bicyclic) bond motifs is 1. The molecule has 0 radical (unpaired) electrons. The van der Waals surface area contributed by atoms with Gasteiger partial charge in [-0.25, -0.2) is 9.50 Å². The first-order valence-electron chi connectivity index (χ1n) is 3.56. The zero-order valence-electron chi connectivity index (χ0n) is 6.33. The van der Waals surface area contributed by atoms with Gasteiger partial charge >= 0.3 is 0 Å². The van der Waals surface area contributed by atoms with Crippen LogP contribution in [0.25, 0.3) is 5.65 Å². The normalized spacial score (nSPS) is 11.0. The number of nitrogens with zero attached hydrogens (tertiary/aromatic N) is 2. The van der Waals surface area contributed by atoms with E-state index < -0.39 is 0 Å². The molecule has 0 unspecified atom stereocenters. The van der Waals surface area contributed by atoms with Gasteiger partial charge in [-0.15, -0.1) is 0 Å². The Balaban J connectivity index is 2.42. The lowest BCUT2D eigenvalue weighted by Crippen LogP contribution is -2.05. The van der Waals surface area contributed by atoms with E-state index in [4.69, 9.17) is 0 Å². The number of aromatic nitrogens is 3. The summed E-state index contributed by atoms with van der Waals surface area (Å²) in [4.78, 5) is 4.13. The Hall–Kier alpha value is -1.29. The maximum absolute atomic E-state index is 4.13. The molecule has 0 amide bonds. The van der Waals surface area contributed by atoms with Crippen molar-refractivity contribution < 1.29 is 0 Å². The lowest BCUT2D eigenvalue weighted by atomic mass is 10.4. The third-order valence-corrected chi connectivity index (χ3v) is 1.60. The van der Waals surface area contributed by atoms with Crippen LogP contribution in [0.5, 0.6) is 0 Å². The maximum Gasteiger partial charge on any atom is 0.153 e. The van der Waals surface area contributed by atoms with Crippen LogP contribution in [0.1, 0.15) is 5.69 Å². The summed E-state index contributed by atoms with van der Waals surface area (Å²) in [5.41, 5.74) is 2.12. The van der Waals surface area contributed by atoms with Gasteiger partial charge in [0.05, 0.1) is 0 Å². The van der Waals surface area contributed by atoms with Crippen LogP contribution in [0.2, 0.25) is 0 Å². The van der Waals surface area contributed by atoms with E-state index in [9.17, 15) is 0 Å². The van der Waals surface area contributed by atoms with Crippen molar-refractivity contribution in [1.82, 2.24) is 19.9 Å². The molecule has 0 aliphatic carbocycles. The zero-order chi connectivity index (χ0) is 7.68. The maximum atomic E-state index is 4.13. The van der Waals surface area contributed by atoms with Gasteiger partial charge < -0.3 is 5.32 Å². The molecule has 2 rings (SSSR count). The lowest BCUT2D eigenvalue weighted by Gasteiger charge is -1.91. The molecule has 0 aromatic carbocycles. The Morgan fingerprint density at radius 3 is 3.36 bits per heavy atom. The highest BCUT2D eigenvalue weighted by atomic mass is 15.3. The molecule has 0 aliphatic rings. The molecule has 2 aromatic rings. The predicted octanol–water partition coefficient (Wildman–Crippen LogP) is 0.382. The van der Waals surface area contributed by atoms with Crippen molar-refractivity contribution in [3.8, 4) is 0 Å². The molecule has 58 valence electrons. The van der Waals surface area contributed by atoms with Gasteiger partial charge in [-0.1, -0.05) is 0 Å². The summed E-state index contributed by atoms with van der Waals surface area (Å²) >= 11 is 0. The number of hydrogen-bond donors (Lipinski definition) is 2. The summed E-state index contributed by atoms with van der Waals surface area (Å²) in [7, 11) is 1.92. The van der Waals surface area contributed by atoms with Crippen LogP contribution in [-0.2, 0) is 6.54 Å². The minimum Gasteiger partial charge on any atom is -0.314 e. The van der Waals surface area contributed by atoms with Gasteiger partial charge in [-0.2, -0.15) is 0 Å². The molecule has 0 atom stereocenters. The predicted molar refractivity (Wildman–Crippen MR) is 42.3 cm³/mol. The van der Waals surface area contributed by atoms with Crippen LogP contribution in [0.3, 0.4) is 0 Å². The highest BCUT2D eigenvalue weighted by molar-refractivity contribution is 5.38. The van der Waals surface area contributed by atoms with Crippen molar-refractivity contribution in [2.75, 3.05) is 7.05 Å². The van der Waals surface area contributed by atoms with E-state index in [0.717, 1.165) is 17.9 Å². The number of rotatable bonds is 2. The molecule has 2 heterocycles. The molecule has 0 fully saturated rings. The Morgan fingerprint density at radius 2 is 2.64 bits per heavy atom. The smallest absolute Gasteiger partial charge is 0.153 e. The Labute approximate surface area is 64.2 Å². The average molecular weight is 150 g/mol. The first kappa shape index (κ1) is 6.42. The third-order valence-electron chi connectivity index (χ3n) is 1.60. The zero-order valence-corrected chi connectivity index (χ0v) is 6.33. The largest absolute Gasteiger partial charge is 0.314 e. The van der Waals surface area contributed by atoms with E-state index in [2.05, 4.69) is 15.4 Å². The van der Waals surface area contributed by atoms with E-state index in [1.165, 1.54) is 0 Å². The molecule has 2 aromatic heterocycles. The average Bonchev–Trinajstić information content (AvgIpc) is 2.46. The molecule has 11 heavy (non-hydrogen) atoms. The molecule has 2 N–H and O–H groups in total. The topological polar surface area (TPSA) is 45.1 Å². The van der Waals surface area contributed by atoms with Crippen LogP contribution >= 0.6 is 0 Å². The molecule has 4 heteroatoms. The van der Waals surface area contributed by atoms with Crippen molar-refractivity contribution in [1.29, 1.82) is 0 Å². The fraction of sp³-hybridized carbons (Fsp3) is 0.286. The van der Waals surface area contributed by atoms with Crippen molar-refractivity contribution in [2.45, 2.75) is 6.54 Å². The summed E-state index contributed by atoms with van der Waals surface area (Å²) in [5, 5.41) is 6.23. The van der Waals surface area contributed by atoms with Crippen LogP contribution in [0.15, 0.2) is 18.5 Å². The Morgan fingerprint density at radius 1 is 1.73 bits per heavy atom. The summed E-state index contributed by atoms with van der Waals surface area (Å²) in [6.07, 6.45) is 3.67.